The van der Waals surface area contributed by atoms with Gasteiger partial charge in [0.1, 0.15) is 5.75 Å². The summed E-state index contributed by atoms with van der Waals surface area (Å²) in [6.07, 6.45) is 3.54. The molecule has 1 aliphatic rings. The summed E-state index contributed by atoms with van der Waals surface area (Å²) in [5.74, 6) is 0.985. The number of rotatable bonds is 9. The van der Waals surface area contributed by atoms with Gasteiger partial charge in [0.05, 0.1) is 7.11 Å². The molecule has 0 spiro atoms. The van der Waals surface area contributed by atoms with Gasteiger partial charge in [0, 0.05) is 33.1 Å². The Morgan fingerprint density at radius 3 is 2.74 bits per heavy atom. The number of methoxy groups -OCH3 is 1. The third-order valence-electron chi connectivity index (χ3n) is 5.20. The van der Waals surface area contributed by atoms with Gasteiger partial charge >= 0.3 is 0 Å². The molecule has 5 heteroatoms. The highest BCUT2D eigenvalue weighted by Crippen LogP contribution is 2.21. The summed E-state index contributed by atoms with van der Waals surface area (Å²) in [6.45, 7) is 7.65. The average molecular weight is 375 g/mol. The van der Waals surface area contributed by atoms with Crippen molar-refractivity contribution >= 4 is 11.7 Å². The number of piperidine rings is 1. The maximum absolute atomic E-state index is 12.3. The molecule has 0 bridgehead atoms. The molecular weight excluding hydrogens is 340 g/mol. The van der Waals surface area contributed by atoms with E-state index in [0.717, 1.165) is 44.6 Å². The summed E-state index contributed by atoms with van der Waals surface area (Å²) in [7, 11) is 3.47. The van der Waals surface area contributed by atoms with Gasteiger partial charge in [0.15, 0.2) is 0 Å². The van der Waals surface area contributed by atoms with E-state index < -0.39 is 0 Å². The molecule has 0 unspecified atom stereocenters. The predicted molar refractivity (Wildman–Crippen MR) is 108 cm³/mol. The lowest BCUT2D eigenvalue weighted by molar-refractivity contribution is -0.144. The van der Waals surface area contributed by atoms with E-state index in [1.165, 1.54) is 5.56 Å². The molecule has 1 amide bonds. The molecule has 5 nitrogen and oxygen atoms in total. The molecule has 1 aromatic carbocycles. The van der Waals surface area contributed by atoms with Gasteiger partial charge < -0.3 is 14.5 Å². The molecule has 1 aromatic rings. The quantitative estimate of drug-likeness (QED) is 0.624. The second-order valence-corrected chi connectivity index (χ2v) is 8.08. The molecule has 27 heavy (non-hydrogen) atoms. The molecular formula is C22H34N2O3. The number of ether oxygens (including phenoxy) is 1. The van der Waals surface area contributed by atoms with Crippen LogP contribution in [0.3, 0.4) is 0 Å². The highest BCUT2D eigenvalue weighted by Gasteiger charge is 2.25. The zero-order valence-corrected chi connectivity index (χ0v) is 17.2. The van der Waals surface area contributed by atoms with Gasteiger partial charge in [0.2, 0.25) is 5.78 Å². The lowest BCUT2D eigenvalue weighted by atomic mass is 9.96. The highest BCUT2D eigenvalue weighted by molar-refractivity contribution is 6.36. The van der Waals surface area contributed by atoms with E-state index in [-0.39, 0.29) is 17.6 Å². The van der Waals surface area contributed by atoms with Crippen LogP contribution in [0, 0.1) is 11.8 Å². The standard InChI is InChI=1S/C22H34N2O3/c1-17(2)14-20(25)22(26)23(3)15-18-8-7-12-24(16-18)13-11-19-9-5-6-10-21(19)27-4/h5-6,9-10,17-18H,7-8,11-16H2,1-4H3/t18-/m0/s1. The second kappa shape index (κ2) is 10.5. The van der Waals surface area contributed by atoms with E-state index in [1.54, 1.807) is 19.1 Å². The van der Waals surface area contributed by atoms with Crippen LogP contribution in [0.2, 0.25) is 0 Å². The molecule has 0 saturated carbocycles. The SMILES string of the molecule is COc1ccccc1CCN1CCC[C@@H](CN(C)C(=O)C(=O)CC(C)C)C1. The van der Waals surface area contributed by atoms with E-state index >= 15 is 0 Å². The van der Waals surface area contributed by atoms with Crippen LogP contribution in [0.5, 0.6) is 5.75 Å². The topological polar surface area (TPSA) is 49.9 Å². The van der Waals surface area contributed by atoms with Gasteiger partial charge in [-0.3, -0.25) is 9.59 Å². The van der Waals surface area contributed by atoms with Crippen molar-refractivity contribution in [1.82, 2.24) is 9.80 Å². The number of hydrogen-bond acceptors (Lipinski definition) is 4. The smallest absolute Gasteiger partial charge is 0.289 e. The predicted octanol–water partition coefficient (Wildman–Crippen LogP) is 3.02. The Balaban J connectivity index is 1.83. The Kier molecular flexibility index (Phi) is 8.29. The number of likely N-dealkylation sites (tertiary alicyclic amines) is 1. The molecule has 0 N–H and O–H groups in total. The zero-order valence-electron chi connectivity index (χ0n) is 17.2. The number of Topliss-reactive ketones (excluding diaryl/α,β-unsaturated/α-hetero) is 1. The molecule has 150 valence electrons. The minimum absolute atomic E-state index is 0.218. The van der Waals surface area contributed by atoms with Gasteiger partial charge in [-0.1, -0.05) is 32.0 Å². The summed E-state index contributed by atoms with van der Waals surface area (Å²) in [5.41, 5.74) is 1.23. The summed E-state index contributed by atoms with van der Waals surface area (Å²) >= 11 is 0. The number of carbonyl (C=O) groups is 2. The molecule has 1 fully saturated rings. The lowest BCUT2D eigenvalue weighted by Crippen LogP contribution is -2.43. The normalized spacial score (nSPS) is 17.7. The summed E-state index contributed by atoms with van der Waals surface area (Å²) < 4.78 is 5.44. The fourth-order valence-corrected chi connectivity index (χ4v) is 3.83. The van der Waals surface area contributed by atoms with Gasteiger partial charge in [-0.05, 0) is 49.3 Å². The Morgan fingerprint density at radius 2 is 2.04 bits per heavy atom. The summed E-state index contributed by atoms with van der Waals surface area (Å²) in [6, 6.07) is 8.16. The van der Waals surface area contributed by atoms with Crippen LogP contribution in [0.15, 0.2) is 24.3 Å². The largest absolute Gasteiger partial charge is 0.496 e. The van der Waals surface area contributed by atoms with E-state index in [4.69, 9.17) is 4.74 Å². The number of carbonyl (C=O) groups excluding carboxylic acids is 2. The fourth-order valence-electron chi connectivity index (χ4n) is 3.83. The van der Waals surface area contributed by atoms with Crippen molar-refractivity contribution in [1.29, 1.82) is 0 Å². The Bertz CT molecular complexity index is 630. The monoisotopic (exact) mass is 374 g/mol. The van der Waals surface area contributed by atoms with Crippen LogP contribution in [-0.4, -0.2) is 61.8 Å². The number of likely N-dealkylation sites (N-methyl/N-ethyl adjacent to an activating group) is 1. The number of nitrogens with zero attached hydrogens (tertiary/aromatic N) is 2. The van der Waals surface area contributed by atoms with Gasteiger partial charge in [0.25, 0.3) is 5.91 Å². The molecule has 0 radical (unpaired) electrons. The van der Waals surface area contributed by atoms with Crippen molar-refractivity contribution in [3.8, 4) is 5.75 Å². The van der Waals surface area contributed by atoms with Gasteiger partial charge in [-0.15, -0.1) is 0 Å². The first kappa shape index (κ1) is 21.4. The summed E-state index contributed by atoms with van der Waals surface area (Å²) in [4.78, 5) is 28.4. The van der Waals surface area contributed by atoms with Crippen LogP contribution in [-0.2, 0) is 16.0 Å². The van der Waals surface area contributed by atoms with Crippen molar-refractivity contribution < 1.29 is 14.3 Å². The summed E-state index contributed by atoms with van der Waals surface area (Å²) in [5, 5.41) is 0. The Morgan fingerprint density at radius 1 is 1.30 bits per heavy atom. The van der Waals surface area contributed by atoms with Crippen LogP contribution >= 0.6 is 0 Å². The van der Waals surface area contributed by atoms with Crippen molar-refractivity contribution in [2.75, 3.05) is 40.3 Å². The number of ketones is 1. The van der Waals surface area contributed by atoms with E-state index in [9.17, 15) is 9.59 Å². The Hall–Kier alpha value is -1.88. The molecule has 1 heterocycles. The molecule has 1 saturated heterocycles. The maximum Gasteiger partial charge on any atom is 0.289 e. The van der Waals surface area contributed by atoms with Crippen LogP contribution in [0.1, 0.15) is 38.7 Å². The zero-order chi connectivity index (χ0) is 19.8. The van der Waals surface area contributed by atoms with Crippen molar-refractivity contribution in [3.63, 3.8) is 0 Å². The first-order valence-electron chi connectivity index (χ1n) is 10.0. The van der Waals surface area contributed by atoms with E-state index in [2.05, 4.69) is 11.0 Å². The molecule has 0 aromatic heterocycles. The third kappa shape index (κ3) is 6.65. The lowest BCUT2D eigenvalue weighted by Gasteiger charge is -2.34. The van der Waals surface area contributed by atoms with Gasteiger partial charge in [-0.2, -0.15) is 0 Å². The highest BCUT2D eigenvalue weighted by atomic mass is 16.5. The van der Waals surface area contributed by atoms with Crippen molar-refractivity contribution in [2.24, 2.45) is 11.8 Å². The van der Waals surface area contributed by atoms with E-state index in [0.29, 0.717) is 18.9 Å². The fraction of sp³-hybridized carbons (Fsp3) is 0.636. The molecule has 0 aliphatic carbocycles. The van der Waals surface area contributed by atoms with Crippen LogP contribution in [0.25, 0.3) is 0 Å². The van der Waals surface area contributed by atoms with Crippen LogP contribution < -0.4 is 4.74 Å². The minimum atomic E-state index is -0.338. The van der Waals surface area contributed by atoms with E-state index in [1.807, 2.05) is 32.0 Å². The number of para-hydroxylation sites is 1. The molecule has 1 aliphatic heterocycles. The minimum Gasteiger partial charge on any atom is -0.496 e. The molecule has 1 atom stereocenters. The Labute approximate surface area is 163 Å². The maximum atomic E-state index is 12.3. The second-order valence-electron chi connectivity index (χ2n) is 8.08. The first-order valence-corrected chi connectivity index (χ1v) is 10.0. The molecule has 2 rings (SSSR count). The third-order valence-corrected chi connectivity index (χ3v) is 5.20. The van der Waals surface area contributed by atoms with Crippen molar-refractivity contribution in [3.05, 3.63) is 29.8 Å². The van der Waals surface area contributed by atoms with Crippen LogP contribution in [0.4, 0.5) is 0 Å². The first-order chi connectivity index (χ1) is 12.9. The average Bonchev–Trinajstić information content (AvgIpc) is 2.65. The number of amides is 1. The van der Waals surface area contributed by atoms with Gasteiger partial charge in [-0.25, -0.2) is 0 Å². The number of benzene rings is 1. The van der Waals surface area contributed by atoms with Crippen molar-refractivity contribution in [2.45, 2.75) is 39.5 Å². The number of hydrogen-bond donors (Lipinski definition) is 0.